The molecule has 0 spiro atoms. The maximum atomic E-state index is 5.50. The van der Waals surface area contributed by atoms with Gasteiger partial charge in [-0.3, -0.25) is 4.90 Å². The van der Waals surface area contributed by atoms with Gasteiger partial charge in [0.05, 0.1) is 20.3 Å². The molecular formula is C17H28N2O3. The molecule has 5 heteroatoms. The Kier molecular flexibility index (Phi) is 7.66. The molecule has 1 N–H and O–H groups in total. The van der Waals surface area contributed by atoms with E-state index in [4.69, 9.17) is 14.2 Å². The molecule has 2 rings (SSSR count). The van der Waals surface area contributed by atoms with Crippen molar-refractivity contribution >= 4 is 0 Å². The van der Waals surface area contributed by atoms with E-state index in [1.807, 2.05) is 0 Å². The number of rotatable bonds is 9. The van der Waals surface area contributed by atoms with Crippen molar-refractivity contribution in [3.8, 4) is 5.75 Å². The zero-order valence-corrected chi connectivity index (χ0v) is 13.8. The van der Waals surface area contributed by atoms with Gasteiger partial charge in [-0.1, -0.05) is 6.07 Å². The highest BCUT2D eigenvalue weighted by Crippen LogP contribution is 2.22. The molecule has 1 aliphatic rings. The zero-order chi connectivity index (χ0) is 15.6. The van der Waals surface area contributed by atoms with Gasteiger partial charge in [-0.25, -0.2) is 0 Å². The number of methoxy groups -OCH3 is 2. The molecule has 0 bridgehead atoms. The predicted octanol–water partition coefficient (Wildman–Crippen LogP) is 1.65. The molecule has 0 radical (unpaired) electrons. The summed E-state index contributed by atoms with van der Waals surface area (Å²) in [5.41, 5.74) is 2.54. The maximum Gasteiger partial charge on any atom is 0.123 e. The van der Waals surface area contributed by atoms with Gasteiger partial charge in [0.15, 0.2) is 0 Å². The summed E-state index contributed by atoms with van der Waals surface area (Å²) in [7, 11) is 3.47. The number of ether oxygens (including phenoxy) is 3. The highest BCUT2D eigenvalue weighted by molar-refractivity contribution is 5.37. The molecule has 1 saturated heterocycles. The van der Waals surface area contributed by atoms with Crippen LogP contribution in [0.4, 0.5) is 0 Å². The van der Waals surface area contributed by atoms with Gasteiger partial charge in [0.2, 0.25) is 0 Å². The number of nitrogens with one attached hydrogen (secondary N) is 1. The van der Waals surface area contributed by atoms with Crippen LogP contribution in [-0.4, -0.2) is 58.6 Å². The van der Waals surface area contributed by atoms with E-state index < -0.39 is 0 Å². The SMILES string of the molecule is COCCCNCc1ccc(OC)c(CN2CCOCC2)c1. The Labute approximate surface area is 133 Å². The van der Waals surface area contributed by atoms with Crippen LogP contribution in [-0.2, 0) is 22.6 Å². The Morgan fingerprint density at radius 1 is 1.23 bits per heavy atom. The van der Waals surface area contributed by atoms with Gasteiger partial charge < -0.3 is 19.5 Å². The van der Waals surface area contributed by atoms with Crippen LogP contribution in [0, 0.1) is 0 Å². The highest BCUT2D eigenvalue weighted by Gasteiger charge is 2.13. The smallest absolute Gasteiger partial charge is 0.123 e. The minimum atomic E-state index is 0.803. The minimum Gasteiger partial charge on any atom is -0.496 e. The lowest BCUT2D eigenvalue weighted by atomic mass is 10.1. The molecular weight excluding hydrogens is 280 g/mol. The van der Waals surface area contributed by atoms with Gasteiger partial charge in [-0.15, -0.1) is 0 Å². The second kappa shape index (κ2) is 9.79. The van der Waals surface area contributed by atoms with Crippen molar-refractivity contribution in [2.24, 2.45) is 0 Å². The van der Waals surface area contributed by atoms with Crippen LogP contribution in [0.1, 0.15) is 17.5 Å². The van der Waals surface area contributed by atoms with Crippen LogP contribution >= 0.6 is 0 Å². The second-order valence-electron chi connectivity index (χ2n) is 5.56. The van der Waals surface area contributed by atoms with Crippen molar-refractivity contribution in [1.29, 1.82) is 0 Å². The summed E-state index contributed by atoms with van der Waals surface area (Å²) in [5.74, 6) is 0.967. The van der Waals surface area contributed by atoms with Crippen LogP contribution in [0.3, 0.4) is 0 Å². The molecule has 1 fully saturated rings. The van der Waals surface area contributed by atoms with Crippen molar-refractivity contribution in [3.63, 3.8) is 0 Å². The summed E-state index contributed by atoms with van der Waals surface area (Å²) < 4.78 is 16.0. The topological polar surface area (TPSA) is 43.0 Å². The van der Waals surface area contributed by atoms with Gasteiger partial charge >= 0.3 is 0 Å². The Morgan fingerprint density at radius 2 is 2.05 bits per heavy atom. The first kappa shape index (κ1) is 17.2. The number of hydrogen-bond acceptors (Lipinski definition) is 5. The third-order valence-corrected chi connectivity index (χ3v) is 3.87. The molecule has 5 nitrogen and oxygen atoms in total. The number of nitrogens with zero attached hydrogens (tertiary/aromatic N) is 1. The van der Waals surface area contributed by atoms with Crippen LogP contribution in [0.5, 0.6) is 5.75 Å². The molecule has 0 atom stereocenters. The largest absolute Gasteiger partial charge is 0.496 e. The highest BCUT2D eigenvalue weighted by atomic mass is 16.5. The van der Waals surface area contributed by atoms with Gasteiger partial charge in [0.1, 0.15) is 5.75 Å². The summed E-state index contributed by atoms with van der Waals surface area (Å²) in [6.45, 7) is 7.20. The van der Waals surface area contributed by atoms with E-state index in [0.717, 1.165) is 64.7 Å². The summed E-state index contributed by atoms with van der Waals surface area (Å²) >= 11 is 0. The Hall–Kier alpha value is -1.14. The lowest BCUT2D eigenvalue weighted by Crippen LogP contribution is -2.35. The Balaban J connectivity index is 1.90. The quantitative estimate of drug-likeness (QED) is 0.703. The molecule has 1 heterocycles. The molecule has 0 amide bonds. The molecule has 22 heavy (non-hydrogen) atoms. The third-order valence-electron chi connectivity index (χ3n) is 3.87. The standard InChI is InChI=1S/C17H28N2O3/c1-20-9-3-6-18-13-15-4-5-17(21-2)16(12-15)14-19-7-10-22-11-8-19/h4-5,12,18H,3,6-11,13-14H2,1-2H3. The molecule has 1 aromatic carbocycles. The first-order valence-corrected chi connectivity index (χ1v) is 7.99. The monoisotopic (exact) mass is 308 g/mol. The first-order valence-electron chi connectivity index (χ1n) is 7.99. The fourth-order valence-electron chi connectivity index (χ4n) is 2.64. The first-order chi connectivity index (χ1) is 10.8. The van der Waals surface area contributed by atoms with E-state index in [-0.39, 0.29) is 0 Å². The number of morpholine rings is 1. The molecule has 0 aromatic heterocycles. The minimum absolute atomic E-state index is 0.803. The average molecular weight is 308 g/mol. The summed E-state index contributed by atoms with van der Waals surface area (Å²) in [6, 6.07) is 6.45. The van der Waals surface area contributed by atoms with E-state index in [9.17, 15) is 0 Å². The normalized spacial score (nSPS) is 15.9. The van der Waals surface area contributed by atoms with Crippen molar-refractivity contribution in [1.82, 2.24) is 10.2 Å². The number of benzene rings is 1. The molecule has 0 unspecified atom stereocenters. The number of hydrogen-bond donors (Lipinski definition) is 1. The van der Waals surface area contributed by atoms with E-state index in [1.54, 1.807) is 14.2 Å². The van der Waals surface area contributed by atoms with Gasteiger partial charge in [-0.05, 0) is 30.7 Å². The van der Waals surface area contributed by atoms with Crippen molar-refractivity contribution in [3.05, 3.63) is 29.3 Å². The van der Waals surface area contributed by atoms with Gasteiger partial charge in [-0.2, -0.15) is 0 Å². The summed E-state index contributed by atoms with van der Waals surface area (Å²) in [6.07, 6.45) is 1.04. The van der Waals surface area contributed by atoms with Crippen molar-refractivity contribution in [2.45, 2.75) is 19.5 Å². The van der Waals surface area contributed by atoms with E-state index >= 15 is 0 Å². The maximum absolute atomic E-state index is 5.50. The molecule has 0 aliphatic carbocycles. The molecule has 1 aromatic rings. The van der Waals surface area contributed by atoms with Crippen LogP contribution in [0.15, 0.2) is 18.2 Å². The Bertz CT molecular complexity index is 434. The third kappa shape index (κ3) is 5.57. The second-order valence-corrected chi connectivity index (χ2v) is 5.56. The van der Waals surface area contributed by atoms with E-state index in [2.05, 4.69) is 28.4 Å². The van der Waals surface area contributed by atoms with Crippen LogP contribution in [0.25, 0.3) is 0 Å². The van der Waals surface area contributed by atoms with Crippen molar-refractivity contribution < 1.29 is 14.2 Å². The van der Waals surface area contributed by atoms with Gasteiger partial charge in [0, 0.05) is 45.5 Å². The summed E-state index contributed by atoms with van der Waals surface area (Å²) in [4.78, 5) is 2.41. The fraction of sp³-hybridized carbons (Fsp3) is 0.647. The van der Waals surface area contributed by atoms with E-state index in [0.29, 0.717) is 0 Å². The fourth-order valence-corrected chi connectivity index (χ4v) is 2.64. The lowest BCUT2D eigenvalue weighted by molar-refractivity contribution is 0.0339. The summed E-state index contributed by atoms with van der Waals surface area (Å²) in [5, 5.41) is 3.45. The molecule has 1 aliphatic heterocycles. The zero-order valence-electron chi connectivity index (χ0n) is 13.8. The molecule has 124 valence electrons. The van der Waals surface area contributed by atoms with Crippen LogP contribution in [0.2, 0.25) is 0 Å². The predicted molar refractivity (Wildman–Crippen MR) is 87.3 cm³/mol. The van der Waals surface area contributed by atoms with E-state index in [1.165, 1.54) is 11.1 Å². The van der Waals surface area contributed by atoms with Gasteiger partial charge in [0.25, 0.3) is 0 Å². The molecule has 0 saturated carbocycles. The average Bonchev–Trinajstić information content (AvgIpc) is 2.56. The lowest BCUT2D eigenvalue weighted by Gasteiger charge is -2.27. The van der Waals surface area contributed by atoms with Crippen molar-refractivity contribution in [2.75, 3.05) is 53.7 Å². The Morgan fingerprint density at radius 3 is 2.77 bits per heavy atom. The van der Waals surface area contributed by atoms with Crippen LogP contribution < -0.4 is 10.1 Å².